The van der Waals surface area contributed by atoms with Gasteiger partial charge in [0.25, 0.3) is 0 Å². The number of rotatable bonds is 3. The lowest BCUT2D eigenvalue weighted by Crippen LogP contribution is -2.48. The van der Waals surface area contributed by atoms with Gasteiger partial charge in [-0.15, -0.1) is 0 Å². The van der Waals surface area contributed by atoms with Crippen molar-refractivity contribution in [2.24, 2.45) is 29.6 Å². The molecule has 0 saturated heterocycles. The third-order valence-electron chi connectivity index (χ3n) is 5.50. The predicted molar refractivity (Wildman–Crippen MR) is 67.8 cm³/mol. The van der Waals surface area contributed by atoms with Gasteiger partial charge in [0.2, 0.25) is 0 Å². The maximum atomic E-state index is 12.5. The zero-order chi connectivity index (χ0) is 12.1. The topological polar surface area (TPSA) is 45.8 Å². The number of hydrogen-bond acceptors (Lipinski definition) is 2. The molecule has 3 nitrogen and oxygen atoms in total. The summed E-state index contributed by atoms with van der Waals surface area (Å²) in [6.07, 6.45) is 10.8. The second-order valence-electron chi connectivity index (χ2n) is 6.64. The summed E-state index contributed by atoms with van der Waals surface area (Å²) in [4.78, 5) is 19.8. The van der Waals surface area contributed by atoms with Crippen LogP contribution in [0.15, 0.2) is 12.4 Å². The fourth-order valence-electron chi connectivity index (χ4n) is 5.13. The van der Waals surface area contributed by atoms with E-state index >= 15 is 0 Å². The van der Waals surface area contributed by atoms with Crippen LogP contribution in [0.1, 0.15) is 37.9 Å². The first-order valence-corrected chi connectivity index (χ1v) is 7.30. The molecule has 4 aliphatic carbocycles. The van der Waals surface area contributed by atoms with E-state index < -0.39 is 0 Å². The van der Waals surface area contributed by atoms with Crippen molar-refractivity contribution in [2.45, 2.75) is 38.5 Å². The summed E-state index contributed by atoms with van der Waals surface area (Å²) in [6.45, 7) is 0. The summed E-state index contributed by atoms with van der Waals surface area (Å²) in [6, 6.07) is 0. The van der Waals surface area contributed by atoms with Crippen molar-refractivity contribution in [2.75, 3.05) is 0 Å². The molecule has 0 unspecified atom stereocenters. The van der Waals surface area contributed by atoms with Gasteiger partial charge in [0.05, 0.1) is 6.42 Å². The van der Waals surface area contributed by atoms with E-state index in [9.17, 15) is 4.79 Å². The summed E-state index contributed by atoms with van der Waals surface area (Å²) in [5.41, 5.74) is 0. The molecule has 5 rings (SSSR count). The molecule has 0 atom stereocenters. The molecule has 1 aromatic heterocycles. The Hall–Kier alpha value is -1.12. The molecule has 4 fully saturated rings. The van der Waals surface area contributed by atoms with Crippen LogP contribution in [-0.2, 0) is 11.2 Å². The number of H-pyrrole nitrogens is 1. The van der Waals surface area contributed by atoms with Gasteiger partial charge in [-0.2, -0.15) is 0 Å². The lowest BCUT2D eigenvalue weighted by Gasteiger charge is -2.53. The lowest BCUT2D eigenvalue weighted by atomic mass is 9.51. The van der Waals surface area contributed by atoms with Crippen molar-refractivity contribution >= 4 is 5.78 Å². The van der Waals surface area contributed by atoms with Gasteiger partial charge in [0, 0.05) is 18.3 Å². The smallest absolute Gasteiger partial charge is 0.144 e. The molecule has 0 aromatic carbocycles. The lowest BCUT2D eigenvalue weighted by molar-refractivity contribution is -0.135. The van der Waals surface area contributed by atoms with Crippen molar-refractivity contribution in [3.63, 3.8) is 0 Å². The van der Waals surface area contributed by atoms with E-state index in [0.29, 0.717) is 30.0 Å². The number of carbonyl (C=O) groups excluding carboxylic acids is 1. The van der Waals surface area contributed by atoms with Gasteiger partial charge in [-0.05, 0) is 55.8 Å². The van der Waals surface area contributed by atoms with Crippen LogP contribution in [0.4, 0.5) is 0 Å². The van der Waals surface area contributed by atoms with Crippen LogP contribution in [0, 0.1) is 29.6 Å². The number of imidazole rings is 1. The minimum absolute atomic E-state index is 0.350. The van der Waals surface area contributed by atoms with Crippen molar-refractivity contribution in [1.82, 2.24) is 9.97 Å². The molecule has 0 radical (unpaired) electrons. The molecule has 96 valence electrons. The summed E-state index contributed by atoms with van der Waals surface area (Å²) in [7, 11) is 0. The number of nitrogens with zero attached hydrogens (tertiary/aromatic N) is 1. The van der Waals surface area contributed by atoms with E-state index in [1.807, 2.05) is 0 Å². The number of nitrogens with one attached hydrogen (secondary N) is 1. The van der Waals surface area contributed by atoms with Crippen LogP contribution in [0.3, 0.4) is 0 Å². The van der Waals surface area contributed by atoms with Crippen LogP contribution in [-0.4, -0.2) is 15.8 Å². The molecule has 18 heavy (non-hydrogen) atoms. The highest BCUT2D eigenvalue weighted by molar-refractivity contribution is 5.83. The average molecular weight is 244 g/mol. The van der Waals surface area contributed by atoms with Crippen molar-refractivity contribution < 1.29 is 4.79 Å². The monoisotopic (exact) mass is 244 g/mol. The first-order valence-electron chi connectivity index (χ1n) is 7.30. The summed E-state index contributed by atoms with van der Waals surface area (Å²) in [5.74, 6) is 4.92. The van der Waals surface area contributed by atoms with Crippen LogP contribution < -0.4 is 0 Å². The van der Waals surface area contributed by atoms with E-state index in [1.165, 1.54) is 32.1 Å². The standard InChI is InChI=1S/C15H20N2O/c18-13(8-14-16-1-2-17-14)15-11-4-9-3-10(6-11)7-12(15)5-9/h1-2,9-12,15H,3-8H2,(H,16,17). The van der Waals surface area contributed by atoms with Gasteiger partial charge in [-0.1, -0.05) is 0 Å². The van der Waals surface area contributed by atoms with Crippen molar-refractivity contribution in [3.05, 3.63) is 18.2 Å². The molecule has 4 aliphatic rings. The first kappa shape index (κ1) is 10.8. The Morgan fingerprint density at radius 2 is 1.83 bits per heavy atom. The minimum atomic E-state index is 0.350. The maximum absolute atomic E-state index is 12.5. The number of aromatic nitrogens is 2. The van der Waals surface area contributed by atoms with Gasteiger partial charge in [0.1, 0.15) is 11.6 Å². The Morgan fingerprint density at radius 3 is 2.39 bits per heavy atom. The van der Waals surface area contributed by atoms with Crippen LogP contribution in [0.5, 0.6) is 0 Å². The van der Waals surface area contributed by atoms with Crippen molar-refractivity contribution in [1.29, 1.82) is 0 Å². The summed E-state index contributed by atoms with van der Waals surface area (Å²) < 4.78 is 0. The van der Waals surface area contributed by atoms with Crippen LogP contribution in [0.25, 0.3) is 0 Å². The summed E-state index contributed by atoms with van der Waals surface area (Å²) in [5, 5.41) is 0. The maximum Gasteiger partial charge on any atom is 0.144 e. The average Bonchev–Trinajstić information content (AvgIpc) is 2.80. The van der Waals surface area contributed by atoms with Crippen LogP contribution >= 0.6 is 0 Å². The van der Waals surface area contributed by atoms with Gasteiger partial charge in [-0.25, -0.2) is 4.98 Å². The second kappa shape index (κ2) is 3.94. The van der Waals surface area contributed by atoms with E-state index in [0.717, 1.165) is 17.7 Å². The SMILES string of the molecule is O=C(Cc1ncc[nH]1)C1C2CC3CC(C2)CC1C3. The normalized spacial score (nSPS) is 41.2. The molecule has 1 N–H and O–H groups in total. The van der Waals surface area contributed by atoms with Gasteiger partial charge in [-0.3, -0.25) is 4.79 Å². The molecule has 1 aromatic rings. The number of Topliss-reactive ketones (excluding diaryl/α,β-unsaturated/α-hetero) is 1. The zero-order valence-electron chi connectivity index (χ0n) is 10.6. The third-order valence-corrected chi connectivity index (χ3v) is 5.50. The Kier molecular flexibility index (Phi) is 2.36. The highest BCUT2D eigenvalue weighted by atomic mass is 16.1. The predicted octanol–water partition coefficient (Wildman–Crippen LogP) is 2.59. The Balaban J connectivity index is 1.52. The Bertz CT molecular complexity index is 423. The summed E-state index contributed by atoms with van der Waals surface area (Å²) >= 11 is 0. The quantitative estimate of drug-likeness (QED) is 0.888. The molecule has 0 spiro atoms. The zero-order valence-corrected chi connectivity index (χ0v) is 10.6. The number of carbonyl (C=O) groups is 1. The minimum Gasteiger partial charge on any atom is -0.348 e. The third kappa shape index (κ3) is 1.63. The van der Waals surface area contributed by atoms with E-state index in [2.05, 4.69) is 9.97 Å². The molecule has 4 saturated carbocycles. The van der Waals surface area contributed by atoms with Gasteiger partial charge >= 0.3 is 0 Å². The molecule has 0 aliphatic heterocycles. The molecule has 4 bridgehead atoms. The largest absolute Gasteiger partial charge is 0.348 e. The van der Waals surface area contributed by atoms with Crippen molar-refractivity contribution in [3.8, 4) is 0 Å². The number of ketones is 1. The highest BCUT2D eigenvalue weighted by Crippen LogP contribution is 2.56. The fourth-order valence-corrected chi connectivity index (χ4v) is 5.13. The molecule has 1 heterocycles. The molecular formula is C15H20N2O. The van der Waals surface area contributed by atoms with Crippen LogP contribution in [0.2, 0.25) is 0 Å². The van der Waals surface area contributed by atoms with Gasteiger partial charge in [0.15, 0.2) is 0 Å². The molecular weight excluding hydrogens is 224 g/mol. The Morgan fingerprint density at radius 1 is 1.17 bits per heavy atom. The fraction of sp³-hybridized carbons (Fsp3) is 0.733. The van der Waals surface area contributed by atoms with E-state index in [4.69, 9.17) is 0 Å². The first-order chi connectivity index (χ1) is 8.79. The highest BCUT2D eigenvalue weighted by Gasteiger charge is 2.50. The number of hydrogen-bond donors (Lipinski definition) is 1. The van der Waals surface area contributed by atoms with E-state index in [1.54, 1.807) is 12.4 Å². The second-order valence-corrected chi connectivity index (χ2v) is 6.64. The van der Waals surface area contributed by atoms with Gasteiger partial charge < -0.3 is 4.98 Å². The Labute approximate surface area is 107 Å². The number of aromatic amines is 1. The van der Waals surface area contributed by atoms with E-state index in [-0.39, 0.29) is 0 Å². The molecule has 0 amide bonds. The molecule has 3 heteroatoms.